The molecule has 0 aromatic heterocycles. The summed E-state index contributed by atoms with van der Waals surface area (Å²) in [5.41, 5.74) is 1.02. The van der Waals surface area contributed by atoms with E-state index in [0.29, 0.717) is 21.2 Å². The monoisotopic (exact) mass is 268 g/mol. The SMILES string of the molecule is Oc1ccc(Cl)cc1[C@@H](O)c1ccc(Cl)cc1. The van der Waals surface area contributed by atoms with Crippen LogP contribution in [0.25, 0.3) is 0 Å². The molecule has 0 bridgehead atoms. The summed E-state index contributed by atoms with van der Waals surface area (Å²) in [6.45, 7) is 0. The zero-order valence-electron chi connectivity index (χ0n) is 8.77. The zero-order valence-corrected chi connectivity index (χ0v) is 10.3. The standard InChI is InChI=1S/C13H10Cl2O2/c14-9-3-1-8(2-4-9)13(17)11-7-10(15)5-6-12(11)16/h1-7,13,16-17H/t13-/m0/s1. The average Bonchev–Trinajstić information content (AvgIpc) is 2.32. The van der Waals surface area contributed by atoms with Gasteiger partial charge in [-0.2, -0.15) is 0 Å². The molecule has 2 rings (SSSR count). The van der Waals surface area contributed by atoms with E-state index in [-0.39, 0.29) is 5.75 Å². The van der Waals surface area contributed by atoms with Crippen molar-refractivity contribution in [3.05, 3.63) is 63.6 Å². The third-order valence-corrected chi connectivity index (χ3v) is 2.96. The van der Waals surface area contributed by atoms with Gasteiger partial charge in [-0.05, 0) is 35.9 Å². The van der Waals surface area contributed by atoms with E-state index in [4.69, 9.17) is 23.2 Å². The van der Waals surface area contributed by atoms with E-state index in [0.717, 1.165) is 0 Å². The van der Waals surface area contributed by atoms with Gasteiger partial charge in [0.05, 0.1) is 0 Å². The van der Waals surface area contributed by atoms with Gasteiger partial charge < -0.3 is 10.2 Å². The normalized spacial score (nSPS) is 12.4. The molecule has 0 unspecified atom stereocenters. The minimum Gasteiger partial charge on any atom is -0.508 e. The van der Waals surface area contributed by atoms with Crippen LogP contribution in [0.5, 0.6) is 5.75 Å². The number of phenols is 1. The molecule has 0 saturated carbocycles. The molecule has 2 aromatic rings. The fourth-order valence-electron chi connectivity index (χ4n) is 1.57. The van der Waals surface area contributed by atoms with E-state index < -0.39 is 6.10 Å². The van der Waals surface area contributed by atoms with Crippen molar-refractivity contribution in [3.63, 3.8) is 0 Å². The molecule has 1 atom stereocenters. The third-order valence-electron chi connectivity index (χ3n) is 2.47. The maximum atomic E-state index is 10.1. The summed E-state index contributed by atoms with van der Waals surface area (Å²) in [5.74, 6) is 0.0110. The van der Waals surface area contributed by atoms with Crippen molar-refractivity contribution in [3.8, 4) is 5.75 Å². The molecule has 0 aliphatic heterocycles. The summed E-state index contributed by atoms with van der Waals surface area (Å²) in [6.07, 6.45) is -0.925. The largest absolute Gasteiger partial charge is 0.508 e. The Hall–Kier alpha value is -1.22. The van der Waals surface area contributed by atoms with E-state index in [1.807, 2.05) is 0 Å². The Bertz CT molecular complexity index is 523. The number of rotatable bonds is 2. The first kappa shape index (κ1) is 12.2. The van der Waals surface area contributed by atoms with Gasteiger partial charge in [0.25, 0.3) is 0 Å². The van der Waals surface area contributed by atoms with Gasteiger partial charge in [0.15, 0.2) is 0 Å². The molecule has 0 heterocycles. The van der Waals surface area contributed by atoms with E-state index in [9.17, 15) is 10.2 Å². The van der Waals surface area contributed by atoms with E-state index in [1.165, 1.54) is 12.1 Å². The molecule has 17 heavy (non-hydrogen) atoms. The smallest absolute Gasteiger partial charge is 0.121 e. The highest BCUT2D eigenvalue weighted by molar-refractivity contribution is 6.30. The summed E-state index contributed by atoms with van der Waals surface area (Å²) in [4.78, 5) is 0. The van der Waals surface area contributed by atoms with Gasteiger partial charge >= 0.3 is 0 Å². The van der Waals surface area contributed by atoms with Crippen LogP contribution in [-0.4, -0.2) is 10.2 Å². The minimum atomic E-state index is -0.925. The minimum absolute atomic E-state index is 0.0110. The first-order valence-corrected chi connectivity index (χ1v) is 5.75. The molecule has 0 spiro atoms. The number of phenolic OH excluding ortho intramolecular Hbond substituents is 1. The van der Waals surface area contributed by atoms with Crippen LogP contribution in [0.15, 0.2) is 42.5 Å². The predicted octanol–water partition coefficient (Wildman–Crippen LogP) is 3.78. The van der Waals surface area contributed by atoms with Crippen molar-refractivity contribution in [1.29, 1.82) is 0 Å². The number of aliphatic hydroxyl groups excluding tert-OH is 1. The summed E-state index contributed by atoms with van der Waals surface area (Å²) in [6, 6.07) is 11.3. The number of benzene rings is 2. The molecular formula is C13H10Cl2O2. The van der Waals surface area contributed by atoms with Gasteiger partial charge in [0, 0.05) is 15.6 Å². The second kappa shape index (κ2) is 4.96. The number of hydrogen-bond donors (Lipinski definition) is 2. The van der Waals surface area contributed by atoms with Gasteiger partial charge in [-0.3, -0.25) is 0 Å². The second-order valence-corrected chi connectivity index (χ2v) is 4.53. The summed E-state index contributed by atoms with van der Waals surface area (Å²) in [7, 11) is 0. The fourth-order valence-corrected chi connectivity index (χ4v) is 1.88. The second-order valence-electron chi connectivity index (χ2n) is 3.66. The van der Waals surface area contributed by atoms with E-state index >= 15 is 0 Å². The lowest BCUT2D eigenvalue weighted by molar-refractivity contribution is 0.215. The fraction of sp³-hybridized carbons (Fsp3) is 0.0769. The van der Waals surface area contributed by atoms with Crippen LogP contribution in [0.1, 0.15) is 17.2 Å². The third kappa shape index (κ3) is 2.72. The van der Waals surface area contributed by atoms with Crippen LogP contribution in [-0.2, 0) is 0 Å². The van der Waals surface area contributed by atoms with Crippen LogP contribution in [0.4, 0.5) is 0 Å². The number of aliphatic hydroxyl groups is 1. The highest BCUT2D eigenvalue weighted by Crippen LogP contribution is 2.31. The summed E-state index contributed by atoms with van der Waals surface area (Å²) in [5, 5.41) is 20.9. The van der Waals surface area contributed by atoms with Crippen molar-refractivity contribution < 1.29 is 10.2 Å². The Balaban J connectivity index is 2.39. The molecule has 2 N–H and O–H groups in total. The molecule has 0 fully saturated rings. The maximum absolute atomic E-state index is 10.1. The number of hydrogen-bond acceptors (Lipinski definition) is 2. The molecule has 2 aromatic carbocycles. The lowest BCUT2D eigenvalue weighted by atomic mass is 10.0. The van der Waals surface area contributed by atoms with E-state index in [2.05, 4.69) is 0 Å². The van der Waals surface area contributed by atoms with Gasteiger partial charge in [0.2, 0.25) is 0 Å². The maximum Gasteiger partial charge on any atom is 0.121 e. The highest BCUT2D eigenvalue weighted by Gasteiger charge is 2.14. The molecule has 0 radical (unpaired) electrons. The Morgan fingerprint density at radius 1 is 0.882 bits per heavy atom. The predicted molar refractivity (Wildman–Crippen MR) is 68.6 cm³/mol. The highest BCUT2D eigenvalue weighted by atomic mass is 35.5. The average molecular weight is 269 g/mol. The van der Waals surface area contributed by atoms with Crippen molar-refractivity contribution in [1.82, 2.24) is 0 Å². The molecule has 0 aliphatic carbocycles. The first-order valence-electron chi connectivity index (χ1n) is 5.00. The number of aromatic hydroxyl groups is 1. The quantitative estimate of drug-likeness (QED) is 0.870. The van der Waals surface area contributed by atoms with Gasteiger partial charge in [-0.25, -0.2) is 0 Å². The molecular weight excluding hydrogens is 259 g/mol. The zero-order chi connectivity index (χ0) is 12.4. The van der Waals surface area contributed by atoms with Crippen LogP contribution in [0.3, 0.4) is 0 Å². The lowest BCUT2D eigenvalue weighted by Gasteiger charge is -2.13. The van der Waals surface area contributed by atoms with Crippen molar-refractivity contribution >= 4 is 23.2 Å². The van der Waals surface area contributed by atoms with Crippen molar-refractivity contribution in [2.24, 2.45) is 0 Å². The molecule has 0 saturated heterocycles. The molecule has 88 valence electrons. The van der Waals surface area contributed by atoms with E-state index in [1.54, 1.807) is 30.3 Å². The molecule has 4 heteroatoms. The lowest BCUT2D eigenvalue weighted by Crippen LogP contribution is -1.99. The Morgan fingerprint density at radius 3 is 2.12 bits per heavy atom. The first-order chi connectivity index (χ1) is 8.08. The Kier molecular flexibility index (Phi) is 3.57. The van der Waals surface area contributed by atoms with Crippen LogP contribution >= 0.6 is 23.2 Å². The molecule has 0 amide bonds. The van der Waals surface area contributed by atoms with Gasteiger partial charge in [0.1, 0.15) is 11.9 Å². The van der Waals surface area contributed by atoms with Crippen LogP contribution < -0.4 is 0 Å². The van der Waals surface area contributed by atoms with Gasteiger partial charge in [-0.15, -0.1) is 0 Å². The molecule has 2 nitrogen and oxygen atoms in total. The Labute approximate surface area is 109 Å². The van der Waals surface area contributed by atoms with Crippen LogP contribution in [0, 0.1) is 0 Å². The summed E-state index contributed by atoms with van der Waals surface area (Å²) >= 11 is 11.6. The topological polar surface area (TPSA) is 40.5 Å². The van der Waals surface area contributed by atoms with Gasteiger partial charge in [-0.1, -0.05) is 35.3 Å². The number of halogens is 2. The van der Waals surface area contributed by atoms with Crippen LogP contribution in [0.2, 0.25) is 10.0 Å². The Morgan fingerprint density at radius 2 is 1.47 bits per heavy atom. The van der Waals surface area contributed by atoms with Crippen molar-refractivity contribution in [2.75, 3.05) is 0 Å². The van der Waals surface area contributed by atoms with Crippen molar-refractivity contribution in [2.45, 2.75) is 6.10 Å². The summed E-state index contributed by atoms with van der Waals surface area (Å²) < 4.78 is 0. The molecule has 0 aliphatic rings.